The number of fused-ring (bicyclic) bond motifs is 1. The van der Waals surface area contributed by atoms with Gasteiger partial charge in [-0.05, 0) is 63.3 Å². The Balaban J connectivity index is 2.10. The number of hydrogen-bond donors (Lipinski definition) is 0. The molecule has 0 saturated heterocycles. The Hall–Kier alpha value is -2.55. The Bertz CT molecular complexity index is 1060. The van der Waals surface area contributed by atoms with Crippen molar-refractivity contribution in [2.75, 3.05) is 32.1 Å². The first-order valence-electron chi connectivity index (χ1n) is 8.95. The van der Waals surface area contributed by atoms with E-state index in [9.17, 15) is 14.9 Å². The highest BCUT2D eigenvalue weighted by atomic mass is 35.5. The van der Waals surface area contributed by atoms with Crippen molar-refractivity contribution in [1.29, 1.82) is 0 Å². The monoisotopic (exact) mass is 432 g/mol. The predicted molar refractivity (Wildman–Crippen MR) is 117 cm³/mol. The molecule has 0 N–H and O–H groups in total. The van der Waals surface area contributed by atoms with E-state index in [0.29, 0.717) is 18.2 Å². The molecule has 3 aromatic rings. The number of nitrogens with zero attached hydrogens (tertiary/aromatic N) is 4. The maximum atomic E-state index is 13.4. The summed E-state index contributed by atoms with van der Waals surface area (Å²) in [5.41, 5.74) is 2.74. The van der Waals surface area contributed by atoms with E-state index in [0.717, 1.165) is 21.3 Å². The number of nitro groups is 1. The lowest BCUT2D eigenvalue weighted by Gasteiger charge is -2.22. The van der Waals surface area contributed by atoms with Crippen LogP contribution in [0.15, 0.2) is 30.3 Å². The Morgan fingerprint density at radius 1 is 1.17 bits per heavy atom. The summed E-state index contributed by atoms with van der Waals surface area (Å²) in [5, 5.41) is 12.2. The highest BCUT2D eigenvalue weighted by Gasteiger charge is 2.28. The van der Waals surface area contributed by atoms with Gasteiger partial charge in [0, 0.05) is 24.2 Å². The number of halogens is 1. The van der Waals surface area contributed by atoms with Gasteiger partial charge in [0.1, 0.15) is 5.56 Å². The molecule has 7 nitrogen and oxygen atoms in total. The Morgan fingerprint density at radius 2 is 1.86 bits per heavy atom. The van der Waals surface area contributed by atoms with Crippen molar-refractivity contribution in [3.8, 4) is 0 Å². The van der Waals surface area contributed by atoms with Gasteiger partial charge in [0.25, 0.3) is 11.6 Å². The molecule has 0 saturated carbocycles. The van der Waals surface area contributed by atoms with Crippen molar-refractivity contribution in [2.24, 2.45) is 0 Å². The van der Waals surface area contributed by atoms with E-state index in [-0.39, 0.29) is 16.3 Å². The number of hydrogen-bond acceptors (Lipinski definition) is 6. The molecule has 9 heteroatoms. The minimum atomic E-state index is -0.571. The fraction of sp³-hybridized carbons (Fsp3) is 0.300. The van der Waals surface area contributed by atoms with Gasteiger partial charge in [-0.15, -0.1) is 0 Å². The number of nitro benzene ring substituents is 1. The number of carbonyl (C=O) groups excluding carboxylic acids is 1. The first-order valence-corrected chi connectivity index (χ1v) is 10.1. The van der Waals surface area contributed by atoms with Crippen LogP contribution in [0, 0.1) is 24.0 Å². The molecule has 0 atom stereocenters. The Morgan fingerprint density at radius 3 is 2.52 bits per heavy atom. The standard InChI is InChI=1S/C20H21ClN4O3S/c1-12-9-16-18(10-13(12)2)29-20(22-16)24(8-7-23(3)4)19(26)15-11-14(21)5-6-17(15)25(27)28/h5-6,9-11H,7-8H2,1-4H3. The third kappa shape index (κ3) is 4.55. The third-order valence-electron chi connectivity index (χ3n) is 4.63. The molecule has 29 heavy (non-hydrogen) atoms. The number of carbonyl (C=O) groups is 1. The zero-order valence-electron chi connectivity index (χ0n) is 16.6. The second-order valence-electron chi connectivity index (χ2n) is 7.08. The number of amides is 1. The lowest BCUT2D eigenvalue weighted by Crippen LogP contribution is -2.37. The average molecular weight is 433 g/mol. The number of rotatable bonds is 6. The lowest BCUT2D eigenvalue weighted by molar-refractivity contribution is -0.385. The molecule has 0 bridgehead atoms. The molecule has 3 rings (SSSR count). The molecular weight excluding hydrogens is 412 g/mol. The van der Waals surface area contributed by atoms with E-state index in [1.54, 1.807) is 0 Å². The smallest absolute Gasteiger partial charge is 0.282 e. The SMILES string of the molecule is Cc1cc2nc(N(CCN(C)C)C(=O)c3cc(Cl)ccc3[N+](=O)[O-])sc2cc1C. The molecule has 0 radical (unpaired) electrons. The second-order valence-corrected chi connectivity index (χ2v) is 8.52. The number of aryl methyl sites for hydroxylation is 2. The van der Waals surface area contributed by atoms with Crippen LogP contribution in [-0.4, -0.2) is 47.9 Å². The molecule has 1 amide bonds. The fourth-order valence-corrected chi connectivity index (χ4v) is 4.09. The summed E-state index contributed by atoms with van der Waals surface area (Å²) >= 11 is 7.42. The molecule has 0 aliphatic carbocycles. The fourth-order valence-electron chi connectivity index (χ4n) is 2.85. The summed E-state index contributed by atoms with van der Waals surface area (Å²) in [6, 6.07) is 8.03. The molecular formula is C20H21ClN4O3S. The molecule has 1 heterocycles. The molecule has 0 unspecified atom stereocenters. The van der Waals surface area contributed by atoms with Crippen molar-refractivity contribution < 1.29 is 9.72 Å². The third-order valence-corrected chi connectivity index (χ3v) is 5.90. The summed E-state index contributed by atoms with van der Waals surface area (Å²) in [6.07, 6.45) is 0. The molecule has 1 aromatic heterocycles. The van der Waals surface area contributed by atoms with Gasteiger partial charge in [-0.1, -0.05) is 22.9 Å². The van der Waals surface area contributed by atoms with E-state index in [1.165, 1.54) is 34.4 Å². The van der Waals surface area contributed by atoms with E-state index in [4.69, 9.17) is 11.6 Å². The molecule has 0 aliphatic heterocycles. The maximum absolute atomic E-state index is 13.4. The van der Waals surface area contributed by atoms with Crippen LogP contribution in [0.4, 0.5) is 10.8 Å². The van der Waals surface area contributed by atoms with E-state index in [2.05, 4.69) is 4.98 Å². The minimum Gasteiger partial charge on any atom is -0.308 e. The highest BCUT2D eigenvalue weighted by molar-refractivity contribution is 7.22. The van der Waals surface area contributed by atoms with Crippen LogP contribution in [0.1, 0.15) is 21.5 Å². The Kier molecular flexibility index (Phi) is 6.16. The molecule has 2 aromatic carbocycles. The number of anilines is 1. The van der Waals surface area contributed by atoms with Gasteiger partial charge in [0.05, 0.1) is 15.1 Å². The van der Waals surface area contributed by atoms with Gasteiger partial charge in [0.15, 0.2) is 5.13 Å². The number of likely N-dealkylation sites (N-methyl/N-ethyl adjacent to an activating group) is 1. The van der Waals surface area contributed by atoms with Crippen molar-refractivity contribution in [3.63, 3.8) is 0 Å². The van der Waals surface area contributed by atoms with E-state index < -0.39 is 10.8 Å². The van der Waals surface area contributed by atoms with E-state index in [1.807, 2.05) is 45.0 Å². The summed E-state index contributed by atoms with van der Waals surface area (Å²) < 4.78 is 0.964. The van der Waals surface area contributed by atoms with Crippen molar-refractivity contribution in [1.82, 2.24) is 9.88 Å². The molecule has 0 fully saturated rings. The van der Waals surface area contributed by atoms with Crippen LogP contribution < -0.4 is 4.90 Å². The van der Waals surface area contributed by atoms with Gasteiger partial charge in [-0.25, -0.2) is 4.98 Å². The number of thiazole rings is 1. The highest BCUT2D eigenvalue weighted by Crippen LogP contribution is 2.33. The van der Waals surface area contributed by atoms with Crippen molar-refractivity contribution in [2.45, 2.75) is 13.8 Å². The predicted octanol–water partition coefficient (Wildman–Crippen LogP) is 4.68. The maximum Gasteiger partial charge on any atom is 0.282 e. The summed E-state index contributed by atoms with van der Waals surface area (Å²) in [6.45, 7) is 4.96. The van der Waals surface area contributed by atoms with Crippen LogP contribution in [0.3, 0.4) is 0 Å². The largest absolute Gasteiger partial charge is 0.308 e. The zero-order chi connectivity index (χ0) is 21.3. The normalized spacial score (nSPS) is 11.2. The summed E-state index contributed by atoms with van der Waals surface area (Å²) in [7, 11) is 3.80. The average Bonchev–Trinajstić information content (AvgIpc) is 3.03. The van der Waals surface area contributed by atoms with Gasteiger partial charge < -0.3 is 4.90 Å². The van der Waals surface area contributed by atoms with Crippen molar-refractivity contribution in [3.05, 3.63) is 62.2 Å². The Labute approximate surface area is 177 Å². The first-order chi connectivity index (χ1) is 13.7. The topological polar surface area (TPSA) is 79.6 Å². The summed E-state index contributed by atoms with van der Waals surface area (Å²) in [5.74, 6) is -0.492. The van der Waals surface area contributed by atoms with Crippen LogP contribution >= 0.6 is 22.9 Å². The number of aromatic nitrogens is 1. The summed E-state index contributed by atoms with van der Waals surface area (Å²) in [4.78, 5) is 32.3. The van der Waals surface area contributed by atoms with Gasteiger partial charge in [0.2, 0.25) is 0 Å². The quantitative estimate of drug-likeness (QED) is 0.417. The zero-order valence-corrected chi connectivity index (χ0v) is 18.2. The van der Waals surface area contributed by atoms with Crippen molar-refractivity contribution >= 4 is 49.9 Å². The first kappa shape index (κ1) is 21.2. The van der Waals surface area contributed by atoms with E-state index >= 15 is 0 Å². The van der Waals surface area contributed by atoms with Crippen LogP contribution in [0.2, 0.25) is 5.02 Å². The molecule has 0 aliphatic rings. The van der Waals surface area contributed by atoms with Crippen LogP contribution in [0.25, 0.3) is 10.2 Å². The van der Waals surface area contributed by atoms with Crippen LogP contribution in [-0.2, 0) is 0 Å². The second kappa shape index (κ2) is 8.44. The molecule has 152 valence electrons. The number of benzene rings is 2. The van der Waals surface area contributed by atoms with Gasteiger partial charge in [-0.3, -0.25) is 19.8 Å². The van der Waals surface area contributed by atoms with Gasteiger partial charge in [-0.2, -0.15) is 0 Å². The lowest BCUT2D eigenvalue weighted by atomic mass is 10.1. The molecule has 0 spiro atoms. The minimum absolute atomic E-state index is 0.0483. The van der Waals surface area contributed by atoms with Crippen LogP contribution in [0.5, 0.6) is 0 Å². The van der Waals surface area contributed by atoms with Gasteiger partial charge >= 0.3 is 0 Å².